The van der Waals surface area contributed by atoms with Gasteiger partial charge < -0.3 is 15.2 Å². The van der Waals surface area contributed by atoms with Gasteiger partial charge in [0.2, 0.25) is 0 Å². The quantitative estimate of drug-likeness (QED) is 0.524. The van der Waals surface area contributed by atoms with Crippen molar-refractivity contribution >= 4 is 23.9 Å². The van der Waals surface area contributed by atoms with Crippen molar-refractivity contribution in [2.45, 2.75) is 32.4 Å². The number of hydrogen-bond donors (Lipinski definition) is 1. The van der Waals surface area contributed by atoms with Crippen LogP contribution in [0.4, 0.5) is 0 Å². The van der Waals surface area contributed by atoms with Crippen LogP contribution in [0.15, 0.2) is 17.1 Å². The van der Waals surface area contributed by atoms with Crippen LogP contribution in [0.25, 0.3) is 0 Å². The fraction of sp³-hybridized carbons (Fsp3) is 0.571. The van der Waals surface area contributed by atoms with Gasteiger partial charge >= 0.3 is 11.9 Å². The molecule has 21 heavy (non-hydrogen) atoms. The van der Waals surface area contributed by atoms with Crippen LogP contribution in [0.3, 0.4) is 0 Å². The molecule has 0 aliphatic carbocycles. The molecule has 0 fully saturated rings. The lowest BCUT2D eigenvalue weighted by atomic mass is 9.78. The van der Waals surface area contributed by atoms with Crippen LogP contribution in [0.2, 0.25) is 0 Å². The molecule has 2 N–H and O–H groups in total. The number of allylic oxidation sites excluding steroid dienone is 1. The molecule has 1 rings (SSSR count). The zero-order chi connectivity index (χ0) is 16.0. The fourth-order valence-corrected chi connectivity index (χ4v) is 2.13. The molecule has 1 aliphatic heterocycles. The number of esters is 2. The highest BCUT2D eigenvalue weighted by Crippen LogP contribution is 2.31. The molecular weight excluding hydrogens is 276 g/mol. The number of aliphatic imine (C=N–C) groups is 1. The first-order valence-electron chi connectivity index (χ1n) is 6.76. The number of nitrogens with two attached hydrogens (primary N) is 1. The fourth-order valence-electron chi connectivity index (χ4n) is 2.13. The van der Waals surface area contributed by atoms with Crippen molar-refractivity contribution in [2.75, 3.05) is 13.2 Å². The number of hydrogen-bond acceptors (Lipinski definition) is 7. The number of carbonyl (C=O) groups is 3. The predicted octanol–water partition coefficient (Wildman–Crippen LogP) is 0.0245. The van der Waals surface area contributed by atoms with E-state index < -0.39 is 35.2 Å². The molecule has 7 nitrogen and oxygen atoms in total. The average molecular weight is 296 g/mol. The third-order valence-electron chi connectivity index (χ3n) is 3.02. The summed E-state index contributed by atoms with van der Waals surface area (Å²) in [7, 11) is 0. The average Bonchev–Trinajstić information content (AvgIpc) is 2.88. The van der Waals surface area contributed by atoms with Crippen LogP contribution < -0.4 is 5.73 Å². The Bertz CT molecular complexity index is 452. The number of Topliss-reactive ketones (excluding diaryl/α,β-unsaturated/α-hetero) is 1. The first kappa shape index (κ1) is 17.0. The van der Waals surface area contributed by atoms with E-state index in [4.69, 9.17) is 15.2 Å². The molecule has 1 aliphatic rings. The largest absolute Gasteiger partial charge is 0.465 e. The monoisotopic (exact) mass is 296 g/mol. The Balaban J connectivity index is 3.29. The van der Waals surface area contributed by atoms with E-state index in [-0.39, 0.29) is 13.2 Å². The second-order valence-electron chi connectivity index (χ2n) is 4.55. The van der Waals surface area contributed by atoms with Crippen LogP contribution in [-0.4, -0.2) is 48.7 Å². The van der Waals surface area contributed by atoms with Crippen molar-refractivity contribution in [1.29, 1.82) is 0 Å². The van der Waals surface area contributed by atoms with Gasteiger partial charge in [0.1, 0.15) is 0 Å². The zero-order valence-electron chi connectivity index (χ0n) is 12.4. The van der Waals surface area contributed by atoms with Gasteiger partial charge in [-0.25, -0.2) is 0 Å². The van der Waals surface area contributed by atoms with Crippen molar-refractivity contribution in [3.63, 3.8) is 0 Å². The van der Waals surface area contributed by atoms with Crippen LogP contribution in [0, 0.1) is 5.92 Å². The van der Waals surface area contributed by atoms with Gasteiger partial charge in [0.15, 0.2) is 17.2 Å². The first-order valence-corrected chi connectivity index (χ1v) is 6.76. The van der Waals surface area contributed by atoms with E-state index in [9.17, 15) is 14.4 Å². The molecule has 0 spiro atoms. The zero-order valence-corrected chi connectivity index (χ0v) is 12.4. The second-order valence-corrected chi connectivity index (χ2v) is 4.55. The van der Waals surface area contributed by atoms with Crippen molar-refractivity contribution in [1.82, 2.24) is 0 Å². The van der Waals surface area contributed by atoms with E-state index in [0.717, 1.165) is 0 Å². The van der Waals surface area contributed by atoms with Gasteiger partial charge in [-0.1, -0.05) is 0 Å². The highest BCUT2D eigenvalue weighted by atomic mass is 16.6. The number of ketones is 1. The van der Waals surface area contributed by atoms with Crippen LogP contribution >= 0.6 is 0 Å². The van der Waals surface area contributed by atoms with E-state index in [1.807, 2.05) is 0 Å². The van der Waals surface area contributed by atoms with Gasteiger partial charge in [0.05, 0.1) is 19.3 Å². The van der Waals surface area contributed by atoms with Gasteiger partial charge in [-0.15, -0.1) is 0 Å². The Kier molecular flexibility index (Phi) is 5.78. The molecule has 0 aromatic rings. The van der Waals surface area contributed by atoms with E-state index in [0.29, 0.717) is 0 Å². The molecule has 0 saturated carbocycles. The highest BCUT2D eigenvalue weighted by molar-refractivity contribution is 6.09. The van der Waals surface area contributed by atoms with Gasteiger partial charge in [-0.3, -0.25) is 19.4 Å². The molecular formula is C14H20N2O5. The minimum Gasteiger partial charge on any atom is -0.465 e. The molecule has 0 aromatic heterocycles. The summed E-state index contributed by atoms with van der Waals surface area (Å²) in [5, 5.41) is 0. The van der Waals surface area contributed by atoms with Crippen molar-refractivity contribution in [2.24, 2.45) is 16.6 Å². The summed E-state index contributed by atoms with van der Waals surface area (Å²) in [4.78, 5) is 40.8. The second kappa shape index (κ2) is 7.12. The number of rotatable bonds is 7. The maximum atomic E-state index is 12.4. The molecule has 0 radical (unpaired) electrons. The van der Waals surface area contributed by atoms with Gasteiger partial charge in [-0.05, 0) is 32.9 Å². The number of ether oxygens (including phenoxy) is 2. The molecule has 7 heteroatoms. The van der Waals surface area contributed by atoms with Crippen LogP contribution in [0.5, 0.6) is 0 Å². The summed E-state index contributed by atoms with van der Waals surface area (Å²) >= 11 is 0. The Hall–Kier alpha value is -2.02. The van der Waals surface area contributed by atoms with Gasteiger partial charge in [0.25, 0.3) is 0 Å². The summed E-state index contributed by atoms with van der Waals surface area (Å²) in [6.45, 7) is 4.83. The Labute approximate surface area is 123 Å². The summed E-state index contributed by atoms with van der Waals surface area (Å²) in [5.74, 6) is -3.74. The first-order chi connectivity index (χ1) is 9.90. The van der Waals surface area contributed by atoms with Crippen LogP contribution in [0.1, 0.15) is 20.8 Å². The molecule has 116 valence electrons. The van der Waals surface area contributed by atoms with Gasteiger partial charge in [-0.2, -0.15) is 0 Å². The van der Waals surface area contributed by atoms with Gasteiger partial charge in [0, 0.05) is 6.21 Å². The van der Waals surface area contributed by atoms with E-state index in [2.05, 4.69) is 4.99 Å². The minimum atomic E-state index is -1.69. The molecule has 0 saturated heterocycles. The maximum Gasteiger partial charge on any atom is 0.323 e. The molecule has 0 aromatic carbocycles. The highest BCUT2D eigenvalue weighted by Gasteiger charge is 2.54. The summed E-state index contributed by atoms with van der Waals surface area (Å²) in [5.41, 5.74) is 3.94. The lowest BCUT2D eigenvalue weighted by molar-refractivity contribution is -0.166. The van der Waals surface area contributed by atoms with Crippen molar-refractivity contribution in [3.8, 4) is 0 Å². The van der Waals surface area contributed by atoms with Crippen LogP contribution in [-0.2, 0) is 23.9 Å². The lowest BCUT2D eigenvalue weighted by Gasteiger charge is -2.30. The topological polar surface area (TPSA) is 108 Å². The van der Waals surface area contributed by atoms with E-state index >= 15 is 0 Å². The van der Waals surface area contributed by atoms with E-state index in [1.54, 1.807) is 13.8 Å². The third kappa shape index (κ3) is 3.36. The van der Waals surface area contributed by atoms with Crippen molar-refractivity contribution in [3.05, 3.63) is 12.2 Å². The molecule has 1 heterocycles. The lowest BCUT2D eigenvalue weighted by Crippen LogP contribution is -2.55. The summed E-state index contributed by atoms with van der Waals surface area (Å²) in [6.07, 6.45) is 4.23. The summed E-state index contributed by atoms with van der Waals surface area (Å²) in [6, 6.07) is -0.892. The normalized spacial score (nSPS) is 21.4. The molecule has 0 amide bonds. The third-order valence-corrected chi connectivity index (χ3v) is 3.02. The molecule has 0 bridgehead atoms. The minimum absolute atomic E-state index is 0.0740. The Morgan fingerprint density at radius 1 is 1.19 bits per heavy atom. The SMILES string of the molecule is CCOC(=O)C(C(=O)OCC)C1(C(=O)[C@H](C)N)C=CC=N1. The molecule has 2 atom stereocenters. The maximum absolute atomic E-state index is 12.4. The summed E-state index contributed by atoms with van der Waals surface area (Å²) < 4.78 is 9.80. The smallest absolute Gasteiger partial charge is 0.323 e. The molecule has 1 unspecified atom stereocenters. The van der Waals surface area contributed by atoms with E-state index in [1.165, 1.54) is 25.3 Å². The number of nitrogens with zero attached hydrogens (tertiary/aromatic N) is 1. The predicted molar refractivity (Wildman–Crippen MR) is 75.8 cm³/mol. The Morgan fingerprint density at radius 3 is 2.05 bits per heavy atom. The Morgan fingerprint density at radius 2 is 1.71 bits per heavy atom. The van der Waals surface area contributed by atoms with Crippen molar-refractivity contribution < 1.29 is 23.9 Å². The standard InChI is InChI=1S/C14H20N2O5/c1-4-20-12(18)10(13(19)21-5-2)14(7-6-8-16-14)11(17)9(3)15/h6-10H,4-5,15H2,1-3H3/t9-,14?/m0/s1. The number of carbonyl (C=O) groups excluding carboxylic acids is 3.